The van der Waals surface area contributed by atoms with Crippen molar-refractivity contribution in [3.05, 3.63) is 34.6 Å². The van der Waals surface area contributed by atoms with Gasteiger partial charge in [-0.05, 0) is 19.1 Å². The second-order valence-electron chi connectivity index (χ2n) is 4.29. The molecule has 1 N–H and O–H groups in total. The molecule has 124 valence electrons. The number of ether oxygens (including phenoxy) is 1. The van der Waals surface area contributed by atoms with Gasteiger partial charge < -0.3 is 10.1 Å². The first-order chi connectivity index (χ1) is 10.8. The van der Waals surface area contributed by atoms with E-state index in [9.17, 15) is 18.0 Å². The van der Waals surface area contributed by atoms with Crippen LogP contribution in [0.4, 0.5) is 19.0 Å². The van der Waals surface area contributed by atoms with E-state index in [-0.39, 0.29) is 23.3 Å². The molecule has 0 spiro atoms. The van der Waals surface area contributed by atoms with Crippen LogP contribution in [0.5, 0.6) is 0 Å². The van der Waals surface area contributed by atoms with E-state index in [2.05, 4.69) is 20.1 Å². The van der Waals surface area contributed by atoms with Gasteiger partial charge in [-0.1, -0.05) is 11.6 Å². The molecule has 0 saturated heterocycles. The minimum Gasteiger partial charge on any atom is -0.462 e. The summed E-state index contributed by atoms with van der Waals surface area (Å²) in [5.41, 5.74) is -1.94. The van der Waals surface area contributed by atoms with Crippen LogP contribution >= 0.6 is 11.6 Å². The van der Waals surface area contributed by atoms with Crippen LogP contribution in [-0.4, -0.2) is 34.4 Å². The number of carbonyl (C=O) groups is 1. The molecule has 0 unspecified atom stereocenters. The first kappa shape index (κ1) is 17.1. The van der Waals surface area contributed by atoms with E-state index >= 15 is 0 Å². The lowest BCUT2D eigenvalue weighted by Crippen LogP contribution is -2.19. The Bertz CT molecular complexity index is 730. The summed E-state index contributed by atoms with van der Waals surface area (Å²) in [6, 6.07) is 2.64. The Hall–Kier alpha value is -2.29. The summed E-state index contributed by atoms with van der Waals surface area (Å²) in [7, 11) is 1.52. The minimum atomic E-state index is -4.82. The number of carbonyl (C=O) groups excluding carboxylic acids is 1. The van der Waals surface area contributed by atoms with E-state index < -0.39 is 23.4 Å². The van der Waals surface area contributed by atoms with Crippen molar-refractivity contribution in [2.75, 3.05) is 19.0 Å². The number of esters is 1. The molecule has 2 aromatic rings. The van der Waals surface area contributed by atoms with Crippen LogP contribution in [0.15, 0.2) is 18.3 Å². The van der Waals surface area contributed by atoms with Crippen molar-refractivity contribution in [2.45, 2.75) is 13.1 Å². The van der Waals surface area contributed by atoms with Crippen LogP contribution in [-0.2, 0) is 10.9 Å². The number of halogens is 4. The van der Waals surface area contributed by atoms with Gasteiger partial charge in [-0.3, -0.25) is 0 Å². The van der Waals surface area contributed by atoms with Gasteiger partial charge >= 0.3 is 12.1 Å². The van der Waals surface area contributed by atoms with Crippen molar-refractivity contribution >= 4 is 23.4 Å². The van der Waals surface area contributed by atoms with E-state index in [1.807, 2.05) is 0 Å². The van der Waals surface area contributed by atoms with E-state index in [0.29, 0.717) is 4.68 Å². The number of hydrogen-bond acceptors (Lipinski definition) is 5. The first-order valence-corrected chi connectivity index (χ1v) is 6.84. The maximum atomic E-state index is 13.4. The Morgan fingerprint density at radius 1 is 1.43 bits per heavy atom. The number of nitrogens with zero attached hydrogens (tertiary/aromatic N) is 3. The van der Waals surface area contributed by atoms with Gasteiger partial charge in [0, 0.05) is 7.05 Å². The zero-order valence-electron chi connectivity index (χ0n) is 12.1. The summed E-state index contributed by atoms with van der Waals surface area (Å²) < 4.78 is 45.2. The molecule has 2 rings (SSSR count). The number of hydrogen-bond donors (Lipinski definition) is 1. The van der Waals surface area contributed by atoms with Crippen molar-refractivity contribution in [1.82, 2.24) is 14.8 Å². The molecule has 0 radical (unpaired) electrons. The summed E-state index contributed by atoms with van der Waals surface area (Å²) in [5, 5.41) is 6.52. The van der Waals surface area contributed by atoms with Crippen LogP contribution in [0.1, 0.15) is 23.0 Å². The van der Waals surface area contributed by atoms with Crippen molar-refractivity contribution < 1.29 is 22.7 Å². The molecule has 0 bridgehead atoms. The van der Waals surface area contributed by atoms with Crippen molar-refractivity contribution in [3.63, 3.8) is 0 Å². The molecule has 0 aliphatic rings. The summed E-state index contributed by atoms with van der Waals surface area (Å²) in [5.74, 6) is -1.05. The molecule has 10 heteroatoms. The molecule has 2 heterocycles. The predicted molar refractivity (Wildman–Crippen MR) is 76.9 cm³/mol. The van der Waals surface area contributed by atoms with Crippen LogP contribution < -0.4 is 5.32 Å². The van der Waals surface area contributed by atoms with Gasteiger partial charge in [0.25, 0.3) is 0 Å². The fraction of sp³-hybridized carbons (Fsp3) is 0.308. The third-order valence-electron chi connectivity index (χ3n) is 2.82. The first-order valence-electron chi connectivity index (χ1n) is 6.46. The zero-order valence-corrected chi connectivity index (χ0v) is 12.9. The minimum absolute atomic E-state index is 0.0512. The molecule has 0 atom stereocenters. The third kappa shape index (κ3) is 3.39. The highest BCUT2D eigenvalue weighted by atomic mass is 35.5. The van der Waals surface area contributed by atoms with Gasteiger partial charge in [0.1, 0.15) is 11.4 Å². The summed E-state index contributed by atoms with van der Waals surface area (Å²) >= 11 is 5.86. The number of rotatable bonds is 4. The Kier molecular flexibility index (Phi) is 4.79. The topological polar surface area (TPSA) is 69.0 Å². The second kappa shape index (κ2) is 6.45. The molecule has 0 aliphatic carbocycles. The SMILES string of the molecule is CCOC(=O)c1cnn(-c2ccc(Cl)c(NC)n2)c1C(F)(F)F. The van der Waals surface area contributed by atoms with E-state index in [4.69, 9.17) is 11.6 Å². The highest BCUT2D eigenvalue weighted by molar-refractivity contribution is 6.32. The zero-order chi connectivity index (χ0) is 17.2. The van der Waals surface area contributed by atoms with E-state index in [0.717, 1.165) is 6.20 Å². The summed E-state index contributed by atoms with van der Waals surface area (Å²) in [6.07, 6.45) is -4.02. The maximum absolute atomic E-state index is 13.4. The highest BCUT2D eigenvalue weighted by Crippen LogP contribution is 2.34. The quantitative estimate of drug-likeness (QED) is 0.860. The van der Waals surface area contributed by atoms with Gasteiger partial charge in [-0.25, -0.2) is 14.5 Å². The lowest BCUT2D eigenvalue weighted by Gasteiger charge is -2.13. The number of anilines is 1. The third-order valence-corrected chi connectivity index (χ3v) is 3.12. The fourth-order valence-corrected chi connectivity index (χ4v) is 2.08. The normalized spacial score (nSPS) is 11.4. The van der Waals surface area contributed by atoms with Gasteiger partial charge in [-0.15, -0.1) is 0 Å². The summed E-state index contributed by atoms with van der Waals surface area (Å²) in [6.45, 7) is 1.44. The number of pyridine rings is 1. The molecule has 0 aliphatic heterocycles. The molecule has 2 aromatic heterocycles. The molecular formula is C13H12ClF3N4O2. The Morgan fingerprint density at radius 2 is 2.13 bits per heavy atom. The van der Waals surface area contributed by atoms with Crippen LogP contribution in [0.2, 0.25) is 5.02 Å². The Labute approximate surface area is 134 Å². The van der Waals surface area contributed by atoms with Crippen molar-refractivity contribution in [1.29, 1.82) is 0 Å². The molecular weight excluding hydrogens is 337 g/mol. The lowest BCUT2D eigenvalue weighted by molar-refractivity contribution is -0.143. The maximum Gasteiger partial charge on any atom is 0.434 e. The molecule has 6 nitrogen and oxygen atoms in total. The van der Waals surface area contributed by atoms with E-state index in [1.54, 1.807) is 0 Å². The lowest BCUT2D eigenvalue weighted by atomic mass is 10.2. The smallest absolute Gasteiger partial charge is 0.434 e. The summed E-state index contributed by atoms with van der Waals surface area (Å²) in [4.78, 5) is 15.7. The van der Waals surface area contributed by atoms with E-state index in [1.165, 1.54) is 26.1 Å². The van der Waals surface area contributed by atoms with Crippen LogP contribution in [0.25, 0.3) is 5.82 Å². The average Bonchev–Trinajstić information content (AvgIpc) is 2.93. The van der Waals surface area contributed by atoms with Gasteiger partial charge in [0.05, 0.1) is 17.8 Å². The van der Waals surface area contributed by atoms with Crippen LogP contribution in [0, 0.1) is 0 Å². The Balaban J connectivity index is 2.62. The highest BCUT2D eigenvalue weighted by Gasteiger charge is 2.41. The second-order valence-corrected chi connectivity index (χ2v) is 4.69. The molecule has 0 amide bonds. The van der Waals surface area contributed by atoms with Gasteiger partial charge in [0.2, 0.25) is 0 Å². The fourth-order valence-electron chi connectivity index (χ4n) is 1.88. The van der Waals surface area contributed by atoms with Crippen molar-refractivity contribution in [2.24, 2.45) is 0 Å². The van der Waals surface area contributed by atoms with Crippen molar-refractivity contribution in [3.8, 4) is 5.82 Å². The number of aromatic nitrogens is 3. The largest absolute Gasteiger partial charge is 0.462 e. The molecule has 23 heavy (non-hydrogen) atoms. The van der Waals surface area contributed by atoms with Gasteiger partial charge in [0.15, 0.2) is 11.5 Å². The standard InChI is InChI=1S/C13H12ClF3N4O2/c1-3-23-12(22)7-6-19-21(10(7)13(15,16)17)9-5-4-8(14)11(18-2)20-9/h4-6H,3H2,1-2H3,(H,18,20). The van der Waals surface area contributed by atoms with Gasteiger partial charge in [-0.2, -0.15) is 18.3 Å². The predicted octanol–water partition coefficient (Wildman–Crippen LogP) is 3.16. The molecule has 0 aromatic carbocycles. The number of alkyl halides is 3. The molecule has 0 fully saturated rings. The monoisotopic (exact) mass is 348 g/mol. The van der Waals surface area contributed by atoms with Crippen LogP contribution in [0.3, 0.4) is 0 Å². The molecule has 0 saturated carbocycles. The Morgan fingerprint density at radius 3 is 2.70 bits per heavy atom. The average molecular weight is 349 g/mol. The number of nitrogens with one attached hydrogen (secondary N) is 1.